The molecule has 17 heavy (non-hydrogen) atoms. The number of pyridine rings is 1. The predicted octanol–water partition coefficient (Wildman–Crippen LogP) is 2.84. The third-order valence-electron chi connectivity index (χ3n) is 2.30. The van der Waals surface area contributed by atoms with Gasteiger partial charge in [-0.25, -0.2) is 0 Å². The van der Waals surface area contributed by atoms with Crippen molar-refractivity contribution in [1.29, 1.82) is 0 Å². The van der Waals surface area contributed by atoms with E-state index in [2.05, 4.69) is 10.3 Å². The van der Waals surface area contributed by atoms with Gasteiger partial charge in [0, 0.05) is 7.05 Å². The Labute approximate surface area is 102 Å². The normalized spacial score (nSPS) is 15.5. The lowest BCUT2D eigenvalue weighted by Crippen LogP contribution is -2.24. The van der Waals surface area contributed by atoms with Crippen molar-refractivity contribution in [2.75, 3.05) is 12.4 Å². The van der Waals surface area contributed by atoms with Crippen LogP contribution in [-0.2, 0) is 0 Å². The Kier molecular flexibility index (Phi) is 3.13. The van der Waals surface area contributed by atoms with Crippen molar-refractivity contribution in [1.82, 2.24) is 4.98 Å². The molecule has 0 bridgehead atoms. The number of aromatic nitrogens is 1. The van der Waals surface area contributed by atoms with Crippen molar-refractivity contribution in [2.24, 2.45) is 0 Å². The summed E-state index contributed by atoms with van der Waals surface area (Å²) >= 11 is 0. The third-order valence-corrected chi connectivity index (χ3v) is 2.30. The quantitative estimate of drug-likeness (QED) is 0.873. The molecule has 4 heteroatoms. The second kappa shape index (κ2) is 4.43. The second-order valence-electron chi connectivity index (χ2n) is 5.28. The van der Waals surface area contributed by atoms with E-state index >= 15 is 0 Å². The van der Waals surface area contributed by atoms with E-state index in [-0.39, 0.29) is 5.60 Å². The highest BCUT2D eigenvalue weighted by atomic mass is 16.5. The number of hydrogen-bond acceptors (Lipinski definition) is 4. The lowest BCUT2D eigenvalue weighted by Gasteiger charge is -2.22. The zero-order valence-corrected chi connectivity index (χ0v) is 10.9. The van der Waals surface area contributed by atoms with Gasteiger partial charge in [-0.3, -0.25) is 0 Å². The minimum absolute atomic E-state index is 0.277. The molecule has 1 heterocycles. The Morgan fingerprint density at radius 2 is 2.00 bits per heavy atom. The van der Waals surface area contributed by atoms with Crippen LogP contribution in [0.4, 0.5) is 5.82 Å². The van der Waals surface area contributed by atoms with Crippen LogP contribution < -0.4 is 14.8 Å². The van der Waals surface area contributed by atoms with Crippen LogP contribution in [0.15, 0.2) is 12.1 Å². The van der Waals surface area contributed by atoms with Gasteiger partial charge >= 0.3 is 0 Å². The van der Waals surface area contributed by atoms with E-state index in [0.29, 0.717) is 12.0 Å². The largest absolute Gasteiger partial charge is 0.485 e. The fourth-order valence-corrected chi connectivity index (χ4v) is 1.39. The smallest absolute Gasteiger partial charge is 0.259 e. The van der Waals surface area contributed by atoms with Gasteiger partial charge in [0.05, 0.1) is 6.10 Å². The summed E-state index contributed by atoms with van der Waals surface area (Å²) in [6.45, 7) is 6.00. The maximum absolute atomic E-state index is 5.83. The van der Waals surface area contributed by atoms with Gasteiger partial charge in [0.2, 0.25) is 0 Å². The molecule has 94 valence electrons. The molecule has 0 atom stereocenters. The minimum atomic E-state index is -0.277. The number of nitrogens with one attached hydrogen (secondary N) is 1. The zero-order valence-electron chi connectivity index (χ0n) is 10.9. The summed E-state index contributed by atoms with van der Waals surface area (Å²) in [5, 5.41) is 3.00. The second-order valence-corrected chi connectivity index (χ2v) is 5.28. The molecule has 1 aliphatic carbocycles. The van der Waals surface area contributed by atoms with E-state index in [1.807, 2.05) is 40.0 Å². The monoisotopic (exact) mass is 236 g/mol. The van der Waals surface area contributed by atoms with Gasteiger partial charge in [-0.2, -0.15) is 4.98 Å². The fourth-order valence-electron chi connectivity index (χ4n) is 1.39. The molecule has 0 spiro atoms. The predicted molar refractivity (Wildman–Crippen MR) is 67.8 cm³/mol. The SMILES string of the molecule is CNc1ccc(OC2CC2)c(OC(C)(C)C)n1. The highest BCUT2D eigenvalue weighted by molar-refractivity contribution is 5.45. The average Bonchev–Trinajstić information content (AvgIpc) is 3.02. The van der Waals surface area contributed by atoms with E-state index in [0.717, 1.165) is 24.4 Å². The van der Waals surface area contributed by atoms with Gasteiger partial charge < -0.3 is 14.8 Å². The first-order valence-corrected chi connectivity index (χ1v) is 6.02. The Bertz CT molecular complexity index is 395. The molecular weight excluding hydrogens is 216 g/mol. The van der Waals surface area contributed by atoms with Gasteiger partial charge in [-0.05, 0) is 45.7 Å². The van der Waals surface area contributed by atoms with Crippen LogP contribution in [0.25, 0.3) is 0 Å². The Hall–Kier alpha value is -1.45. The van der Waals surface area contributed by atoms with Crippen LogP contribution in [0.2, 0.25) is 0 Å². The lowest BCUT2D eigenvalue weighted by atomic mass is 10.2. The first kappa shape index (κ1) is 12.0. The van der Waals surface area contributed by atoms with Gasteiger partial charge in [-0.1, -0.05) is 0 Å². The van der Waals surface area contributed by atoms with Crippen LogP contribution in [0.3, 0.4) is 0 Å². The van der Waals surface area contributed by atoms with Crippen LogP contribution in [-0.4, -0.2) is 23.7 Å². The van der Waals surface area contributed by atoms with Crippen molar-refractivity contribution < 1.29 is 9.47 Å². The summed E-state index contributed by atoms with van der Waals surface area (Å²) in [5.41, 5.74) is -0.277. The Morgan fingerprint density at radius 3 is 2.53 bits per heavy atom. The van der Waals surface area contributed by atoms with Gasteiger partial charge in [0.15, 0.2) is 5.75 Å². The maximum atomic E-state index is 5.83. The summed E-state index contributed by atoms with van der Waals surface area (Å²) in [4.78, 5) is 4.40. The topological polar surface area (TPSA) is 43.4 Å². The molecule has 1 aliphatic rings. The first-order valence-electron chi connectivity index (χ1n) is 6.02. The summed E-state index contributed by atoms with van der Waals surface area (Å²) in [5.74, 6) is 2.09. The van der Waals surface area contributed by atoms with Gasteiger partial charge in [-0.15, -0.1) is 0 Å². The summed E-state index contributed by atoms with van der Waals surface area (Å²) in [7, 11) is 1.84. The van der Waals surface area contributed by atoms with E-state index in [9.17, 15) is 0 Å². The average molecular weight is 236 g/mol. The van der Waals surface area contributed by atoms with Crippen LogP contribution in [0, 0.1) is 0 Å². The molecular formula is C13H20N2O2. The number of ether oxygens (including phenoxy) is 2. The van der Waals surface area contributed by atoms with Gasteiger partial charge in [0.25, 0.3) is 5.88 Å². The molecule has 0 radical (unpaired) electrons. The molecule has 1 N–H and O–H groups in total. The minimum Gasteiger partial charge on any atom is -0.485 e. The maximum Gasteiger partial charge on any atom is 0.259 e. The molecule has 1 fully saturated rings. The van der Waals surface area contributed by atoms with E-state index in [1.54, 1.807) is 0 Å². The molecule has 0 aromatic carbocycles. The molecule has 1 aromatic rings. The summed E-state index contributed by atoms with van der Waals surface area (Å²) in [6, 6.07) is 3.81. The standard InChI is InChI=1S/C13H20N2O2/c1-13(2,3)17-12-10(16-9-5-6-9)7-8-11(14-4)15-12/h7-9H,5-6H2,1-4H3,(H,14,15). The molecule has 0 unspecified atom stereocenters. The van der Waals surface area contributed by atoms with Crippen molar-refractivity contribution >= 4 is 5.82 Å². The Balaban J connectivity index is 2.22. The third kappa shape index (κ3) is 3.51. The molecule has 4 nitrogen and oxygen atoms in total. The molecule has 0 saturated heterocycles. The number of hydrogen-bond donors (Lipinski definition) is 1. The van der Waals surface area contributed by atoms with Crippen LogP contribution in [0.5, 0.6) is 11.6 Å². The first-order chi connectivity index (χ1) is 7.98. The van der Waals surface area contributed by atoms with Crippen molar-refractivity contribution in [3.63, 3.8) is 0 Å². The highest BCUT2D eigenvalue weighted by Crippen LogP contribution is 2.34. The zero-order chi connectivity index (χ0) is 12.5. The summed E-state index contributed by atoms with van der Waals surface area (Å²) in [6.07, 6.45) is 2.60. The lowest BCUT2D eigenvalue weighted by molar-refractivity contribution is 0.116. The van der Waals surface area contributed by atoms with Crippen LogP contribution in [0.1, 0.15) is 33.6 Å². The molecule has 0 aliphatic heterocycles. The number of anilines is 1. The summed E-state index contributed by atoms with van der Waals surface area (Å²) < 4.78 is 11.6. The molecule has 2 rings (SSSR count). The number of nitrogens with zero attached hydrogens (tertiary/aromatic N) is 1. The fraction of sp³-hybridized carbons (Fsp3) is 0.615. The van der Waals surface area contributed by atoms with Crippen molar-refractivity contribution in [3.8, 4) is 11.6 Å². The van der Waals surface area contributed by atoms with E-state index in [1.165, 1.54) is 0 Å². The van der Waals surface area contributed by atoms with Gasteiger partial charge in [0.1, 0.15) is 11.4 Å². The molecule has 0 amide bonds. The van der Waals surface area contributed by atoms with Crippen molar-refractivity contribution in [3.05, 3.63) is 12.1 Å². The Morgan fingerprint density at radius 1 is 1.29 bits per heavy atom. The highest BCUT2D eigenvalue weighted by Gasteiger charge is 2.26. The van der Waals surface area contributed by atoms with Crippen LogP contribution >= 0.6 is 0 Å². The van der Waals surface area contributed by atoms with E-state index in [4.69, 9.17) is 9.47 Å². The molecule has 1 saturated carbocycles. The molecule has 1 aromatic heterocycles. The number of rotatable bonds is 4. The van der Waals surface area contributed by atoms with E-state index < -0.39 is 0 Å². The van der Waals surface area contributed by atoms with Crippen molar-refractivity contribution in [2.45, 2.75) is 45.3 Å².